The van der Waals surface area contributed by atoms with Gasteiger partial charge in [0.25, 0.3) is 0 Å². The number of anilines is 3. The molecule has 0 spiro atoms. The van der Waals surface area contributed by atoms with Gasteiger partial charge >= 0.3 is 6.03 Å². The molecule has 6 aromatic rings. The molecule has 3 amide bonds. The SMILES string of the molecule is C[C@H](Oc1cc(-c2cnn(CC3CCN(CC4CN(c5ccc6c(N7CCC(=O)NC7=O)nn(C)c6c5)C4)CC3)c2)cnc1N)c1cc(F)ccc1-n1nccn1. The Morgan fingerprint density at radius 3 is 2.54 bits per heavy atom. The number of benzene rings is 2. The Labute approximate surface area is 328 Å². The van der Waals surface area contributed by atoms with Crippen molar-refractivity contribution in [1.29, 1.82) is 0 Å². The number of nitrogen functional groups attached to an aromatic ring is 1. The highest BCUT2D eigenvalue weighted by Crippen LogP contribution is 2.35. The summed E-state index contributed by atoms with van der Waals surface area (Å²) in [6, 6.07) is 12.1. The molecule has 4 aromatic heterocycles. The van der Waals surface area contributed by atoms with Crippen LogP contribution in [0.3, 0.4) is 0 Å². The number of fused-ring (bicyclic) bond motifs is 1. The van der Waals surface area contributed by atoms with Crippen molar-refractivity contribution < 1.29 is 18.7 Å². The number of aryl methyl sites for hydroxylation is 1. The standard InChI is InChI=1S/C40H44FN13O3/c1-25(33-16-30(41)3-6-34(33)54-44-10-11-45-54)57-36-15-28(18-43-38(36)42)29-19-46-52(24-29)23-26-7-12-50(13-8-26)20-27-21-51(22-27)31-4-5-32-35(17-31)49(2)48-39(32)53-14-9-37(55)47-40(53)56/h3-6,10-11,15-19,24-27H,7-9,12-14,20-23H2,1-2H3,(H2,42,43)(H,47,55,56)/t25-/m0/s1. The highest BCUT2D eigenvalue weighted by Gasteiger charge is 2.32. The number of nitrogens with two attached hydrogens (primary N) is 1. The number of halogens is 1. The van der Waals surface area contributed by atoms with Crippen LogP contribution in [0.1, 0.15) is 37.9 Å². The molecule has 57 heavy (non-hydrogen) atoms. The lowest BCUT2D eigenvalue weighted by Crippen LogP contribution is -2.52. The molecule has 0 radical (unpaired) electrons. The fraction of sp³-hybridized carbons (Fsp3) is 0.375. The molecule has 3 N–H and O–H groups in total. The van der Waals surface area contributed by atoms with Crippen LogP contribution in [-0.2, 0) is 18.4 Å². The molecule has 3 aliphatic rings. The van der Waals surface area contributed by atoms with Crippen LogP contribution in [0.4, 0.5) is 26.5 Å². The van der Waals surface area contributed by atoms with Gasteiger partial charge in [0, 0.05) is 92.3 Å². The van der Waals surface area contributed by atoms with Gasteiger partial charge in [-0.25, -0.2) is 14.2 Å². The normalized spacial score (nSPS) is 17.6. The van der Waals surface area contributed by atoms with E-state index < -0.39 is 12.1 Å². The summed E-state index contributed by atoms with van der Waals surface area (Å²) >= 11 is 0. The number of hydrogen-bond donors (Lipinski definition) is 2. The van der Waals surface area contributed by atoms with Crippen LogP contribution in [0.15, 0.2) is 73.4 Å². The van der Waals surface area contributed by atoms with E-state index in [-0.39, 0.29) is 24.0 Å². The monoisotopic (exact) mass is 773 g/mol. The minimum Gasteiger partial charge on any atom is -0.482 e. The zero-order valence-electron chi connectivity index (χ0n) is 31.8. The van der Waals surface area contributed by atoms with E-state index in [0.717, 1.165) is 79.8 Å². The van der Waals surface area contributed by atoms with Crippen molar-refractivity contribution in [3.63, 3.8) is 0 Å². The van der Waals surface area contributed by atoms with Crippen LogP contribution in [0.5, 0.6) is 5.75 Å². The third-order valence-corrected chi connectivity index (χ3v) is 11.3. The van der Waals surface area contributed by atoms with Gasteiger partial charge in [-0.3, -0.25) is 24.4 Å². The summed E-state index contributed by atoms with van der Waals surface area (Å²) in [5.74, 6) is 1.71. The number of likely N-dealkylation sites (tertiary alicyclic amines) is 1. The molecule has 16 nitrogen and oxygen atoms in total. The molecular weight excluding hydrogens is 730 g/mol. The predicted octanol–water partition coefficient (Wildman–Crippen LogP) is 4.57. The molecule has 294 valence electrons. The maximum atomic E-state index is 14.3. The van der Waals surface area contributed by atoms with Gasteiger partial charge < -0.3 is 20.3 Å². The zero-order valence-corrected chi connectivity index (χ0v) is 31.8. The molecule has 3 saturated heterocycles. The number of imide groups is 1. The molecule has 3 aliphatic heterocycles. The van der Waals surface area contributed by atoms with Crippen molar-refractivity contribution in [2.24, 2.45) is 18.9 Å². The first-order chi connectivity index (χ1) is 27.6. The number of aromatic nitrogens is 8. The maximum Gasteiger partial charge on any atom is 0.329 e. The van der Waals surface area contributed by atoms with Gasteiger partial charge in [0.15, 0.2) is 17.4 Å². The van der Waals surface area contributed by atoms with Crippen molar-refractivity contribution in [3.05, 3.63) is 84.8 Å². The van der Waals surface area contributed by atoms with Crippen molar-refractivity contribution >= 4 is 40.2 Å². The second-order valence-electron chi connectivity index (χ2n) is 15.3. The Bertz CT molecular complexity index is 2430. The molecule has 3 fully saturated rings. The van der Waals surface area contributed by atoms with Crippen LogP contribution in [0.2, 0.25) is 0 Å². The number of urea groups is 1. The summed E-state index contributed by atoms with van der Waals surface area (Å²) in [6.07, 6.45) is 10.6. The van der Waals surface area contributed by atoms with E-state index in [1.807, 2.05) is 43.2 Å². The zero-order chi connectivity index (χ0) is 39.2. The van der Waals surface area contributed by atoms with E-state index in [0.29, 0.717) is 41.2 Å². The number of pyridine rings is 1. The number of ether oxygens (including phenoxy) is 1. The van der Waals surface area contributed by atoms with E-state index in [4.69, 9.17) is 10.5 Å². The molecule has 0 bridgehead atoms. The van der Waals surface area contributed by atoms with Gasteiger partial charge in [-0.1, -0.05) is 0 Å². The minimum absolute atomic E-state index is 0.237. The number of rotatable bonds is 11. The number of hydrogen-bond acceptors (Lipinski definition) is 11. The van der Waals surface area contributed by atoms with Crippen molar-refractivity contribution in [2.75, 3.05) is 54.8 Å². The topological polar surface area (TPSA) is 170 Å². The Morgan fingerprint density at radius 1 is 0.947 bits per heavy atom. The molecule has 9 rings (SSSR count). The van der Waals surface area contributed by atoms with Crippen molar-refractivity contribution in [1.82, 2.24) is 49.8 Å². The van der Waals surface area contributed by atoms with Crippen molar-refractivity contribution in [2.45, 2.75) is 38.8 Å². The number of amides is 3. The summed E-state index contributed by atoms with van der Waals surface area (Å²) in [5.41, 5.74) is 11.3. The molecule has 0 unspecified atom stereocenters. The van der Waals surface area contributed by atoms with Gasteiger partial charge in [-0.05, 0) is 81.2 Å². The fourth-order valence-corrected chi connectivity index (χ4v) is 8.21. The van der Waals surface area contributed by atoms with Crippen LogP contribution < -0.4 is 25.6 Å². The fourth-order valence-electron chi connectivity index (χ4n) is 8.21. The summed E-state index contributed by atoms with van der Waals surface area (Å²) in [5, 5.41) is 21.0. The smallest absolute Gasteiger partial charge is 0.329 e. The Hall–Kier alpha value is -6.36. The minimum atomic E-state index is -0.567. The molecule has 0 saturated carbocycles. The lowest BCUT2D eigenvalue weighted by atomic mass is 9.93. The maximum absolute atomic E-state index is 14.3. The Balaban J connectivity index is 0.762. The summed E-state index contributed by atoms with van der Waals surface area (Å²) in [4.78, 5) is 36.5. The van der Waals surface area contributed by atoms with Gasteiger partial charge in [-0.15, -0.1) is 0 Å². The van der Waals surface area contributed by atoms with Crippen LogP contribution >= 0.6 is 0 Å². The molecule has 2 aromatic carbocycles. The molecule has 1 atom stereocenters. The Kier molecular flexibility index (Phi) is 9.52. The molecule has 17 heteroatoms. The van der Waals surface area contributed by atoms with E-state index in [9.17, 15) is 14.0 Å². The Morgan fingerprint density at radius 2 is 1.75 bits per heavy atom. The first-order valence-electron chi connectivity index (χ1n) is 19.3. The summed E-state index contributed by atoms with van der Waals surface area (Å²) in [6.45, 7) is 8.22. The average Bonchev–Trinajstić information content (AvgIpc) is 3.96. The molecule has 0 aliphatic carbocycles. The number of carbonyl (C=O) groups is 2. The highest BCUT2D eigenvalue weighted by molar-refractivity contribution is 6.09. The van der Waals surface area contributed by atoms with E-state index in [1.54, 1.807) is 34.2 Å². The molecule has 7 heterocycles. The second kappa shape index (κ2) is 14.9. The number of carbonyl (C=O) groups excluding carboxylic acids is 2. The first kappa shape index (κ1) is 36.3. The number of piperidine rings is 1. The van der Waals surface area contributed by atoms with Gasteiger partial charge in [-0.2, -0.15) is 25.2 Å². The van der Waals surface area contributed by atoms with Crippen molar-refractivity contribution in [3.8, 4) is 22.6 Å². The van der Waals surface area contributed by atoms with Crippen LogP contribution in [0, 0.1) is 17.7 Å². The largest absolute Gasteiger partial charge is 0.482 e. The summed E-state index contributed by atoms with van der Waals surface area (Å²) in [7, 11) is 1.89. The third kappa shape index (κ3) is 7.37. The quantitative estimate of drug-likeness (QED) is 0.189. The van der Waals surface area contributed by atoms with E-state index in [2.05, 4.69) is 52.6 Å². The predicted molar refractivity (Wildman–Crippen MR) is 211 cm³/mol. The average molecular weight is 774 g/mol. The van der Waals surface area contributed by atoms with Gasteiger partial charge in [0.05, 0.1) is 29.8 Å². The van der Waals surface area contributed by atoms with Crippen LogP contribution in [0.25, 0.3) is 27.7 Å². The highest BCUT2D eigenvalue weighted by atomic mass is 19.1. The van der Waals surface area contributed by atoms with Gasteiger partial charge in [0.2, 0.25) is 5.91 Å². The van der Waals surface area contributed by atoms with E-state index in [1.165, 1.54) is 16.9 Å². The molecular formula is C40H44FN13O3. The van der Waals surface area contributed by atoms with Gasteiger partial charge in [0.1, 0.15) is 11.9 Å². The number of nitrogens with one attached hydrogen (secondary N) is 1. The summed E-state index contributed by atoms with van der Waals surface area (Å²) < 4.78 is 24.4. The third-order valence-electron chi connectivity index (χ3n) is 11.3. The second-order valence-corrected chi connectivity index (χ2v) is 15.3. The van der Waals surface area contributed by atoms with E-state index >= 15 is 0 Å². The number of nitrogens with zero attached hydrogens (tertiary/aromatic N) is 11. The lowest BCUT2D eigenvalue weighted by Gasteiger charge is -2.44. The lowest BCUT2D eigenvalue weighted by molar-refractivity contribution is -0.120. The van der Waals surface area contributed by atoms with Crippen LogP contribution in [-0.4, -0.2) is 95.6 Å². The first-order valence-corrected chi connectivity index (χ1v) is 19.3.